The van der Waals surface area contributed by atoms with E-state index in [1.54, 1.807) is 58.0 Å². The van der Waals surface area contributed by atoms with Gasteiger partial charge >= 0.3 is 5.97 Å². The SMILES string of the molecule is CCN1CCC(=O)[C@H]1C(=O)NC(=O)[C@H](CCCNC(=N)N)NC(=O)[C@H](CC(C)C)NC(=O)[C@@H](CC(C)C)NC(=O)[C@H](Cc1ccc(OC(C)=O)cc1)NC(=O)[C@H](CO)NC(=O)[C@H](Cc1c[nH]c2ccccc12)NC(=O)[C@H](Cc1c[nH]cn1)NC(=O)[C@@H]1CCCN1. The van der Waals surface area contributed by atoms with E-state index in [4.69, 9.17) is 15.9 Å². The summed E-state index contributed by atoms with van der Waals surface area (Å²) in [6.45, 7) is 10.6. The van der Waals surface area contributed by atoms with Gasteiger partial charge in [-0.25, -0.2) is 4.98 Å². The number of aromatic nitrogens is 3. The van der Waals surface area contributed by atoms with Gasteiger partial charge in [-0.3, -0.25) is 68.4 Å². The van der Waals surface area contributed by atoms with Crippen molar-refractivity contribution in [2.75, 3.05) is 32.8 Å². The summed E-state index contributed by atoms with van der Waals surface area (Å²) < 4.78 is 5.19. The molecule has 0 aliphatic carbocycles. The molecule has 2 aromatic heterocycles. The number of carbonyl (C=O) groups excluding carboxylic acids is 11. The van der Waals surface area contributed by atoms with Crippen LogP contribution < -0.4 is 63.6 Å². The summed E-state index contributed by atoms with van der Waals surface area (Å²) in [6, 6.07) is 1.46. The molecule has 2 aliphatic rings. The molecule has 90 heavy (non-hydrogen) atoms. The fourth-order valence-corrected chi connectivity index (χ4v) is 10.7. The number of hydrogen-bond donors (Lipinski definition) is 15. The van der Waals surface area contributed by atoms with E-state index < -0.39 is 120 Å². The molecule has 2 aromatic carbocycles. The van der Waals surface area contributed by atoms with Crippen molar-refractivity contribution >= 4 is 81.8 Å². The van der Waals surface area contributed by atoms with Gasteiger partial charge in [0.2, 0.25) is 47.3 Å². The van der Waals surface area contributed by atoms with Gasteiger partial charge in [-0.05, 0) is 92.8 Å². The first-order valence-corrected chi connectivity index (χ1v) is 30.4. The molecule has 9 atom stereocenters. The van der Waals surface area contributed by atoms with Crippen LogP contribution in [-0.4, -0.2) is 183 Å². The molecule has 9 amide bonds. The molecule has 0 unspecified atom stereocenters. The van der Waals surface area contributed by atoms with Gasteiger partial charge in [0.25, 0.3) is 5.91 Å². The van der Waals surface area contributed by atoms with Crippen molar-refractivity contribution < 1.29 is 62.6 Å². The number of imide groups is 1. The third kappa shape index (κ3) is 21.0. The molecule has 2 fully saturated rings. The zero-order valence-electron chi connectivity index (χ0n) is 51.6. The number of guanidine groups is 1. The van der Waals surface area contributed by atoms with E-state index in [1.807, 2.05) is 18.2 Å². The number of hydrogen-bond acceptors (Lipinski definition) is 17. The van der Waals surface area contributed by atoms with Gasteiger partial charge < -0.3 is 73.4 Å². The Kier molecular flexibility index (Phi) is 26.5. The number of Topliss-reactive ketones (excluding diaryl/α,β-unsaturated/α-hetero) is 1. The summed E-state index contributed by atoms with van der Waals surface area (Å²) in [6.07, 6.45) is 5.75. The highest BCUT2D eigenvalue weighted by molar-refractivity contribution is 6.12. The third-order valence-corrected chi connectivity index (χ3v) is 15.3. The number of carbonyl (C=O) groups is 11. The molecule has 16 N–H and O–H groups in total. The Balaban J connectivity index is 1.24. The van der Waals surface area contributed by atoms with Crippen molar-refractivity contribution in [1.29, 1.82) is 5.41 Å². The Hall–Kier alpha value is -9.09. The number of likely N-dealkylation sites (tertiary alicyclic amines) is 1. The number of nitrogens with one attached hydrogen (secondary N) is 13. The number of aliphatic hydroxyl groups excluding tert-OH is 1. The number of amides is 9. The van der Waals surface area contributed by atoms with Gasteiger partial charge in [0.15, 0.2) is 11.7 Å². The van der Waals surface area contributed by atoms with Gasteiger partial charge in [0.05, 0.1) is 24.7 Å². The number of rotatable bonds is 33. The first-order valence-electron chi connectivity index (χ1n) is 30.4. The van der Waals surface area contributed by atoms with Crippen LogP contribution in [0.25, 0.3) is 10.9 Å². The standard InChI is InChI=1S/C61H86N16O13/c1-7-77-23-20-50(80)51(77)60(89)76-53(82)43(15-11-22-66-61(62)63)69-54(83)44(24-33(2)3)70-55(84)45(25-34(4)5)71-56(85)46(26-36-16-18-39(19-17-36)90-35(6)79)72-59(88)49(31-78)75-57(86)47(27-37-29-67-41-13-9-8-12-40(37)41)73-58(87)48(28-38-30-64-32-68-38)74-52(81)42-14-10-21-65-42/h8-9,12-13,16-19,29-30,32-34,42-49,51,65,67,78H,7,10-11,14-15,20-28,31H2,1-6H3,(H,64,68)(H,69,83)(H,70,84)(H,71,85)(H,72,88)(H,73,87)(H,74,81)(H,75,86)(H4,62,63,66)(H,76,82,89)/t42-,43-,44-,45+,46-,47-,48-,49-,51-/m0/s1. The van der Waals surface area contributed by atoms with Crippen molar-refractivity contribution in [3.8, 4) is 5.75 Å². The number of ketones is 1. The maximum atomic E-state index is 14.8. The average molecular weight is 1250 g/mol. The zero-order chi connectivity index (χ0) is 65.6. The smallest absolute Gasteiger partial charge is 0.308 e. The molecule has 4 heterocycles. The van der Waals surface area contributed by atoms with E-state index in [2.05, 4.69) is 68.1 Å². The van der Waals surface area contributed by atoms with E-state index in [1.165, 1.54) is 37.5 Å². The Bertz CT molecular complexity index is 3160. The number of esters is 1. The fourth-order valence-electron chi connectivity index (χ4n) is 10.7. The molecule has 2 aliphatic heterocycles. The monoisotopic (exact) mass is 1250 g/mol. The van der Waals surface area contributed by atoms with Crippen molar-refractivity contribution in [3.05, 3.63) is 84.1 Å². The zero-order valence-corrected chi connectivity index (χ0v) is 51.6. The van der Waals surface area contributed by atoms with Crippen LogP contribution in [0, 0.1) is 17.2 Å². The molecular weight excluding hydrogens is 1160 g/mol. The minimum atomic E-state index is -1.76. The summed E-state index contributed by atoms with van der Waals surface area (Å²) in [4.78, 5) is 164. The van der Waals surface area contributed by atoms with Crippen LogP contribution in [0.2, 0.25) is 0 Å². The normalized spacial score (nSPS) is 17.2. The van der Waals surface area contributed by atoms with E-state index in [9.17, 15) is 57.8 Å². The lowest BCUT2D eigenvalue weighted by Gasteiger charge is -2.29. The fraction of sp³-hybridized carbons (Fsp3) is 0.525. The number of ether oxygens (including phenoxy) is 1. The number of nitrogens with two attached hydrogens (primary N) is 1. The van der Waals surface area contributed by atoms with Crippen LogP contribution in [0.15, 0.2) is 67.3 Å². The molecular formula is C61H86N16O13. The quantitative estimate of drug-likeness (QED) is 0.00654. The van der Waals surface area contributed by atoms with Crippen LogP contribution in [-0.2, 0) is 72.0 Å². The highest BCUT2D eigenvalue weighted by Gasteiger charge is 2.40. The van der Waals surface area contributed by atoms with Crippen molar-refractivity contribution in [1.82, 2.24) is 73.0 Å². The number of likely N-dealkylation sites (N-methyl/N-ethyl adjacent to an activating group) is 1. The minimum Gasteiger partial charge on any atom is -0.427 e. The summed E-state index contributed by atoms with van der Waals surface area (Å²) in [7, 11) is 0. The highest BCUT2D eigenvalue weighted by atomic mass is 16.5. The molecule has 0 radical (unpaired) electrons. The first-order chi connectivity index (χ1) is 42.9. The van der Waals surface area contributed by atoms with Gasteiger partial charge in [-0.15, -0.1) is 0 Å². The van der Waals surface area contributed by atoms with Crippen LogP contribution in [0.1, 0.15) is 103 Å². The van der Waals surface area contributed by atoms with Crippen LogP contribution in [0.4, 0.5) is 0 Å². The number of nitrogens with zero attached hydrogens (tertiary/aromatic N) is 2. The van der Waals surface area contributed by atoms with E-state index in [-0.39, 0.29) is 87.2 Å². The summed E-state index contributed by atoms with van der Waals surface area (Å²) in [5.41, 5.74) is 7.65. The molecule has 29 nitrogen and oxygen atoms in total. The lowest BCUT2D eigenvalue weighted by atomic mass is 9.98. The van der Waals surface area contributed by atoms with Crippen molar-refractivity contribution in [2.24, 2.45) is 17.6 Å². The summed E-state index contributed by atoms with van der Waals surface area (Å²) >= 11 is 0. The van der Waals surface area contributed by atoms with Crippen LogP contribution in [0.3, 0.4) is 0 Å². The summed E-state index contributed by atoms with van der Waals surface area (Å²) in [5, 5.41) is 46.0. The van der Waals surface area contributed by atoms with Gasteiger partial charge in [0, 0.05) is 69.0 Å². The molecule has 4 aromatic rings. The maximum Gasteiger partial charge on any atom is 0.308 e. The van der Waals surface area contributed by atoms with Crippen molar-refractivity contribution in [3.63, 3.8) is 0 Å². The van der Waals surface area contributed by atoms with Crippen LogP contribution >= 0.6 is 0 Å². The van der Waals surface area contributed by atoms with Gasteiger partial charge in [-0.1, -0.05) is 65.0 Å². The number of para-hydroxylation sites is 1. The van der Waals surface area contributed by atoms with Gasteiger partial charge in [0.1, 0.15) is 54.1 Å². The second-order valence-corrected chi connectivity index (χ2v) is 23.4. The molecule has 29 heteroatoms. The molecule has 0 bridgehead atoms. The molecule has 0 spiro atoms. The molecule has 2 saturated heterocycles. The number of fused-ring (bicyclic) bond motifs is 1. The van der Waals surface area contributed by atoms with Crippen molar-refractivity contribution in [2.45, 2.75) is 160 Å². The number of aliphatic hydroxyl groups is 1. The molecule has 6 rings (SSSR count). The Morgan fingerprint density at radius 2 is 1.30 bits per heavy atom. The summed E-state index contributed by atoms with van der Waals surface area (Å²) in [5.74, 6) is -9.07. The highest BCUT2D eigenvalue weighted by Crippen LogP contribution is 2.21. The number of aromatic amines is 2. The Labute approximate surface area is 521 Å². The van der Waals surface area contributed by atoms with E-state index in [0.29, 0.717) is 42.9 Å². The second kappa shape index (κ2) is 34.0. The third-order valence-electron chi connectivity index (χ3n) is 15.3. The van der Waals surface area contributed by atoms with Gasteiger partial charge in [-0.2, -0.15) is 0 Å². The minimum absolute atomic E-state index is 0.00113. The lowest BCUT2D eigenvalue weighted by molar-refractivity contribution is -0.139. The van der Waals surface area contributed by atoms with E-state index in [0.717, 1.165) is 17.3 Å². The Morgan fingerprint density at radius 1 is 0.722 bits per heavy atom. The predicted octanol–water partition coefficient (Wildman–Crippen LogP) is -1.36. The van der Waals surface area contributed by atoms with E-state index >= 15 is 0 Å². The number of benzene rings is 2. The number of H-pyrrole nitrogens is 2. The lowest BCUT2D eigenvalue weighted by Crippen LogP contribution is -2.61. The maximum absolute atomic E-state index is 14.8. The predicted molar refractivity (Wildman–Crippen MR) is 329 cm³/mol. The first kappa shape index (κ1) is 70.0. The second-order valence-electron chi connectivity index (χ2n) is 23.4. The molecule has 0 saturated carbocycles. The largest absolute Gasteiger partial charge is 0.427 e. The Morgan fingerprint density at radius 3 is 1.87 bits per heavy atom. The topological polar surface area (TPSA) is 435 Å². The number of imidazole rings is 1. The molecule has 488 valence electrons. The van der Waals surface area contributed by atoms with Crippen LogP contribution in [0.5, 0.6) is 5.75 Å². The average Bonchev–Trinajstić information content (AvgIpc) is 2.09.